The van der Waals surface area contributed by atoms with Crippen LogP contribution in [0.2, 0.25) is 0 Å². The molecule has 0 spiro atoms. The summed E-state index contributed by atoms with van der Waals surface area (Å²) in [6, 6.07) is 5.45. The molecule has 0 radical (unpaired) electrons. The fourth-order valence-corrected chi connectivity index (χ4v) is 1.46. The minimum absolute atomic E-state index is 0.0118. The van der Waals surface area contributed by atoms with Crippen molar-refractivity contribution in [1.82, 2.24) is 0 Å². The van der Waals surface area contributed by atoms with E-state index < -0.39 is 11.9 Å². The molecule has 5 nitrogen and oxygen atoms in total. The van der Waals surface area contributed by atoms with Gasteiger partial charge in [0.05, 0.1) is 14.2 Å². The number of aromatic hydroxyl groups is 1. The third kappa shape index (κ3) is 7.85. The summed E-state index contributed by atoms with van der Waals surface area (Å²) >= 11 is 0. The van der Waals surface area contributed by atoms with Crippen molar-refractivity contribution in [3.05, 3.63) is 48.1 Å². The molecule has 0 saturated carbocycles. The number of rotatable bonds is 3. The molecule has 1 rings (SSSR count). The van der Waals surface area contributed by atoms with Gasteiger partial charge in [0.1, 0.15) is 5.75 Å². The van der Waals surface area contributed by atoms with Crippen LogP contribution in [0.5, 0.6) is 5.75 Å². The lowest BCUT2D eigenvalue weighted by Gasteiger charge is -2.19. The minimum Gasteiger partial charge on any atom is -0.507 e. The fourth-order valence-electron chi connectivity index (χ4n) is 1.46. The van der Waals surface area contributed by atoms with Crippen molar-refractivity contribution in [2.24, 2.45) is 0 Å². The SMILES string of the molecule is C=CC(=O)OC.COC(=O)C=Cc1ccc(C(C)(C)C)cc1O. The molecule has 0 aliphatic heterocycles. The van der Waals surface area contributed by atoms with E-state index in [-0.39, 0.29) is 11.2 Å². The third-order valence-electron chi connectivity index (χ3n) is 2.86. The van der Waals surface area contributed by atoms with Crippen molar-refractivity contribution in [2.75, 3.05) is 14.2 Å². The van der Waals surface area contributed by atoms with Crippen LogP contribution in [-0.4, -0.2) is 31.3 Å². The van der Waals surface area contributed by atoms with Gasteiger partial charge >= 0.3 is 11.9 Å². The molecule has 0 aliphatic rings. The van der Waals surface area contributed by atoms with Gasteiger partial charge in [-0.3, -0.25) is 0 Å². The quantitative estimate of drug-likeness (QED) is 0.684. The predicted molar refractivity (Wildman–Crippen MR) is 90.1 cm³/mol. The molecule has 1 aromatic carbocycles. The maximum atomic E-state index is 10.9. The number of ether oxygens (including phenoxy) is 2. The van der Waals surface area contributed by atoms with E-state index in [1.54, 1.807) is 12.1 Å². The molecule has 0 aliphatic carbocycles. The van der Waals surface area contributed by atoms with Gasteiger partial charge in [-0.25, -0.2) is 9.59 Å². The average molecular weight is 320 g/mol. The van der Waals surface area contributed by atoms with Gasteiger partial charge in [-0.05, 0) is 23.1 Å². The van der Waals surface area contributed by atoms with E-state index in [9.17, 15) is 14.7 Å². The van der Waals surface area contributed by atoms with Crippen molar-refractivity contribution in [2.45, 2.75) is 26.2 Å². The minimum atomic E-state index is -0.440. The summed E-state index contributed by atoms with van der Waals surface area (Å²) in [6.07, 6.45) is 3.93. The Labute approximate surface area is 137 Å². The molecule has 5 heteroatoms. The highest BCUT2D eigenvalue weighted by Crippen LogP contribution is 2.28. The Morgan fingerprint density at radius 2 is 1.70 bits per heavy atom. The first-order valence-corrected chi connectivity index (χ1v) is 6.95. The first kappa shape index (κ1) is 20.4. The van der Waals surface area contributed by atoms with Gasteiger partial charge in [-0.2, -0.15) is 0 Å². The van der Waals surface area contributed by atoms with Crippen LogP contribution in [0.4, 0.5) is 0 Å². The Kier molecular flexibility index (Phi) is 8.40. The molecule has 1 aromatic rings. The smallest absolute Gasteiger partial charge is 0.330 e. The number of carbonyl (C=O) groups is 2. The number of hydrogen-bond acceptors (Lipinski definition) is 5. The largest absolute Gasteiger partial charge is 0.507 e. The van der Waals surface area contributed by atoms with E-state index in [1.165, 1.54) is 26.4 Å². The first-order valence-electron chi connectivity index (χ1n) is 6.95. The Morgan fingerprint density at radius 1 is 1.13 bits per heavy atom. The molecular weight excluding hydrogens is 296 g/mol. The van der Waals surface area contributed by atoms with E-state index in [0.717, 1.165) is 11.6 Å². The molecule has 0 unspecified atom stereocenters. The van der Waals surface area contributed by atoms with E-state index in [1.807, 2.05) is 6.07 Å². The Bertz CT molecular complexity index is 580. The maximum absolute atomic E-state index is 10.9. The van der Waals surface area contributed by atoms with Crippen LogP contribution in [0.3, 0.4) is 0 Å². The van der Waals surface area contributed by atoms with E-state index in [2.05, 4.69) is 36.8 Å². The topological polar surface area (TPSA) is 72.8 Å². The molecule has 0 fully saturated rings. The highest BCUT2D eigenvalue weighted by atomic mass is 16.5. The number of benzene rings is 1. The van der Waals surface area contributed by atoms with E-state index >= 15 is 0 Å². The van der Waals surface area contributed by atoms with Crippen LogP contribution in [0.25, 0.3) is 6.08 Å². The van der Waals surface area contributed by atoms with Crippen LogP contribution in [0.1, 0.15) is 31.9 Å². The molecule has 1 N–H and O–H groups in total. The summed E-state index contributed by atoms with van der Waals surface area (Å²) in [7, 11) is 2.62. The highest BCUT2D eigenvalue weighted by molar-refractivity contribution is 5.87. The zero-order chi connectivity index (χ0) is 18.0. The van der Waals surface area contributed by atoms with Gasteiger partial charge in [0.2, 0.25) is 0 Å². The molecular formula is C18H24O5. The van der Waals surface area contributed by atoms with Gasteiger partial charge in [0, 0.05) is 17.7 Å². The summed E-state index contributed by atoms with van der Waals surface area (Å²) in [5.74, 6) is -0.670. The number of carbonyl (C=O) groups excluding carboxylic acids is 2. The average Bonchev–Trinajstić information content (AvgIpc) is 2.52. The molecule has 23 heavy (non-hydrogen) atoms. The van der Waals surface area contributed by atoms with Crippen LogP contribution >= 0.6 is 0 Å². The second-order valence-electron chi connectivity index (χ2n) is 5.61. The second-order valence-corrected chi connectivity index (χ2v) is 5.61. The summed E-state index contributed by atoms with van der Waals surface area (Å²) < 4.78 is 8.62. The van der Waals surface area contributed by atoms with Crippen molar-refractivity contribution < 1.29 is 24.2 Å². The van der Waals surface area contributed by atoms with Crippen LogP contribution < -0.4 is 0 Å². The van der Waals surface area contributed by atoms with Gasteiger partial charge in [-0.1, -0.05) is 39.5 Å². The number of phenolic OH excluding ortho intramolecular Hbond substituents is 1. The Hall–Kier alpha value is -2.56. The van der Waals surface area contributed by atoms with Crippen molar-refractivity contribution in [3.63, 3.8) is 0 Å². The molecule has 0 bridgehead atoms. The van der Waals surface area contributed by atoms with Gasteiger partial charge in [0.15, 0.2) is 0 Å². The van der Waals surface area contributed by atoms with Gasteiger partial charge in [-0.15, -0.1) is 0 Å². The standard InChI is InChI=1S/C14H18O3.C4H6O2/c1-14(2,3)11-7-5-10(12(15)9-11)6-8-13(16)17-4;1-3-4(5)6-2/h5-9,15H,1-4H3;3H,1H2,2H3. The van der Waals surface area contributed by atoms with Crippen molar-refractivity contribution >= 4 is 18.0 Å². The Morgan fingerprint density at radius 3 is 2.04 bits per heavy atom. The van der Waals surface area contributed by atoms with Crippen LogP contribution in [0.15, 0.2) is 36.9 Å². The molecule has 0 heterocycles. The molecule has 0 atom stereocenters. The highest BCUT2D eigenvalue weighted by Gasteiger charge is 2.14. The number of methoxy groups -OCH3 is 2. The molecule has 0 aromatic heterocycles. The molecule has 0 saturated heterocycles. The van der Waals surface area contributed by atoms with E-state index in [0.29, 0.717) is 5.56 Å². The first-order chi connectivity index (χ1) is 10.6. The molecule has 0 amide bonds. The predicted octanol–water partition coefficient (Wildman–Crippen LogP) is 3.22. The zero-order valence-electron chi connectivity index (χ0n) is 14.3. The lowest BCUT2D eigenvalue weighted by atomic mass is 9.86. The zero-order valence-corrected chi connectivity index (χ0v) is 14.3. The van der Waals surface area contributed by atoms with Gasteiger partial charge in [0.25, 0.3) is 0 Å². The van der Waals surface area contributed by atoms with Crippen molar-refractivity contribution in [3.8, 4) is 5.75 Å². The second kappa shape index (κ2) is 9.46. The molecule has 126 valence electrons. The number of phenols is 1. The van der Waals surface area contributed by atoms with Crippen molar-refractivity contribution in [1.29, 1.82) is 0 Å². The third-order valence-corrected chi connectivity index (χ3v) is 2.86. The monoisotopic (exact) mass is 320 g/mol. The van der Waals surface area contributed by atoms with Gasteiger partial charge < -0.3 is 14.6 Å². The Balaban J connectivity index is 0.000000688. The summed E-state index contributed by atoms with van der Waals surface area (Å²) in [5.41, 5.74) is 1.64. The summed E-state index contributed by atoms with van der Waals surface area (Å²) in [4.78, 5) is 20.8. The lowest BCUT2D eigenvalue weighted by Crippen LogP contribution is -2.10. The normalized spacial score (nSPS) is 10.5. The lowest BCUT2D eigenvalue weighted by molar-refractivity contribution is -0.135. The number of esters is 2. The van der Waals surface area contributed by atoms with Crippen LogP contribution in [-0.2, 0) is 24.5 Å². The summed E-state index contributed by atoms with van der Waals surface area (Å²) in [6.45, 7) is 9.38. The number of hydrogen-bond donors (Lipinski definition) is 1. The van der Waals surface area contributed by atoms with Crippen LogP contribution in [0, 0.1) is 0 Å². The maximum Gasteiger partial charge on any atom is 0.330 e. The fraction of sp³-hybridized carbons (Fsp3) is 0.333. The summed E-state index contributed by atoms with van der Waals surface area (Å²) in [5, 5.41) is 9.84. The van der Waals surface area contributed by atoms with E-state index in [4.69, 9.17) is 0 Å².